The highest BCUT2D eigenvalue weighted by atomic mass is 16.4. The molecule has 0 aromatic carbocycles. The summed E-state index contributed by atoms with van der Waals surface area (Å²) in [6.45, 7) is 8.03. The third kappa shape index (κ3) is 4.39. The van der Waals surface area contributed by atoms with Crippen LogP contribution in [0.15, 0.2) is 0 Å². The number of carboxylic acid groups (broad SMARTS) is 1. The molecule has 1 fully saturated rings. The molecule has 0 saturated heterocycles. The second-order valence-corrected chi connectivity index (χ2v) is 6.66. The van der Waals surface area contributed by atoms with Gasteiger partial charge in [-0.2, -0.15) is 0 Å². The summed E-state index contributed by atoms with van der Waals surface area (Å²) in [5.41, 5.74) is -0.506. The number of urea groups is 1. The normalized spacial score (nSPS) is 18.4. The van der Waals surface area contributed by atoms with E-state index in [2.05, 4.69) is 5.32 Å². The highest BCUT2D eigenvalue weighted by Crippen LogP contribution is 2.24. The van der Waals surface area contributed by atoms with E-state index in [0.717, 1.165) is 25.7 Å². The molecular formula is C15H28N2O3. The van der Waals surface area contributed by atoms with Gasteiger partial charge in [0.05, 0.1) is 0 Å². The quantitative estimate of drug-likeness (QED) is 0.834. The second kappa shape index (κ2) is 6.95. The lowest BCUT2D eigenvalue weighted by Crippen LogP contribution is -2.55. The van der Waals surface area contributed by atoms with Crippen LogP contribution in [-0.4, -0.2) is 40.6 Å². The summed E-state index contributed by atoms with van der Waals surface area (Å²) in [6, 6.07) is -0.863. The highest BCUT2D eigenvalue weighted by Gasteiger charge is 2.34. The van der Waals surface area contributed by atoms with Gasteiger partial charge < -0.3 is 15.3 Å². The summed E-state index contributed by atoms with van der Waals surface area (Å²) < 4.78 is 0. The second-order valence-electron chi connectivity index (χ2n) is 6.66. The first-order chi connectivity index (χ1) is 9.27. The van der Waals surface area contributed by atoms with Crippen molar-refractivity contribution in [3.05, 3.63) is 0 Å². The molecule has 0 bridgehead atoms. The average Bonchev–Trinajstić information content (AvgIpc) is 2.36. The van der Waals surface area contributed by atoms with Gasteiger partial charge in [0.25, 0.3) is 0 Å². The van der Waals surface area contributed by atoms with E-state index in [0.29, 0.717) is 6.54 Å². The van der Waals surface area contributed by atoms with Crippen LogP contribution in [0, 0.1) is 5.41 Å². The van der Waals surface area contributed by atoms with Crippen molar-refractivity contribution in [2.24, 2.45) is 5.41 Å². The van der Waals surface area contributed by atoms with Gasteiger partial charge in [0.2, 0.25) is 0 Å². The van der Waals surface area contributed by atoms with Gasteiger partial charge in [-0.05, 0) is 25.2 Å². The Bertz CT molecular complexity index is 344. The molecule has 0 aliphatic heterocycles. The predicted octanol–water partition coefficient (Wildman–Crippen LogP) is 2.85. The van der Waals surface area contributed by atoms with Crippen molar-refractivity contribution in [3.63, 3.8) is 0 Å². The fraction of sp³-hybridized carbons (Fsp3) is 0.867. The molecule has 5 nitrogen and oxygen atoms in total. The Labute approximate surface area is 121 Å². The number of nitrogens with one attached hydrogen (secondary N) is 1. The lowest BCUT2D eigenvalue weighted by Gasteiger charge is -2.36. The Morgan fingerprint density at radius 3 is 2.20 bits per heavy atom. The molecule has 0 spiro atoms. The average molecular weight is 284 g/mol. The van der Waals surface area contributed by atoms with Crippen LogP contribution in [0.3, 0.4) is 0 Å². The molecule has 2 amide bonds. The van der Waals surface area contributed by atoms with Crippen molar-refractivity contribution >= 4 is 12.0 Å². The third-order valence-electron chi connectivity index (χ3n) is 4.00. The van der Waals surface area contributed by atoms with E-state index >= 15 is 0 Å². The smallest absolute Gasteiger partial charge is 0.326 e. The molecule has 0 unspecified atom stereocenters. The van der Waals surface area contributed by atoms with Gasteiger partial charge in [-0.25, -0.2) is 9.59 Å². The van der Waals surface area contributed by atoms with E-state index in [9.17, 15) is 14.7 Å². The molecule has 2 N–H and O–H groups in total. The van der Waals surface area contributed by atoms with Crippen LogP contribution in [0.5, 0.6) is 0 Å². The zero-order valence-corrected chi connectivity index (χ0v) is 13.1. The van der Waals surface area contributed by atoms with E-state index in [4.69, 9.17) is 0 Å². The number of amides is 2. The number of aliphatic carboxylic acids is 1. The van der Waals surface area contributed by atoms with E-state index in [1.165, 1.54) is 6.42 Å². The molecule has 1 aliphatic rings. The summed E-state index contributed by atoms with van der Waals surface area (Å²) in [6.07, 6.45) is 5.57. The fourth-order valence-electron chi connectivity index (χ4n) is 2.82. The molecule has 1 rings (SSSR count). The van der Waals surface area contributed by atoms with Gasteiger partial charge in [-0.1, -0.05) is 40.0 Å². The minimum absolute atomic E-state index is 0.248. The molecule has 0 radical (unpaired) electrons. The zero-order chi connectivity index (χ0) is 15.3. The first kappa shape index (κ1) is 16.8. The molecule has 1 saturated carbocycles. The Kier molecular flexibility index (Phi) is 5.84. The Morgan fingerprint density at radius 1 is 1.25 bits per heavy atom. The van der Waals surface area contributed by atoms with Crippen molar-refractivity contribution in [1.82, 2.24) is 10.2 Å². The van der Waals surface area contributed by atoms with Crippen molar-refractivity contribution in [2.45, 2.75) is 71.9 Å². The van der Waals surface area contributed by atoms with Crippen LogP contribution >= 0.6 is 0 Å². The first-order valence-corrected chi connectivity index (χ1v) is 7.57. The molecule has 5 heteroatoms. The predicted molar refractivity (Wildman–Crippen MR) is 78.7 cm³/mol. The van der Waals surface area contributed by atoms with E-state index < -0.39 is 17.4 Å². The number of hydrogen-bond donors (Lipinski definition) is 2. The van der Waals surface area contributed by atoms with Gasteiger partial charge >= 0.3 is 12.0 Å². The lowest BCUT2D eigenvalue weighted by molar-refractivity contribution is -0.142. The van der Waals surface area contributed by atoms with Crippen LogP contribution in [0.4, 0.5) is 4.79 Å². The highest BCUT2D eigenvalue weighted by molar-refractivity contribution is 5.83. The van der Waals surface area contributed by atoms with Crippen molar-refractivity contribution in [1.29, 1.82) is 0 Å². The number of hydrogen-bond acceptors (Lipinski definition) is 2. The molecule has 1 aliphatic carbocycles. The first-order valence-electron chi connectivity index (χ1n) is 7.57. The Morgan fingerprint density at radius 2 is 1.80 bits per heavy atom. The molecule has 0 heterocycles. The SMILES string of the molecule is CCN(C(=O)N[C@H](C(=O)O)C(C)(C)C)C1CCCCC1. The molecule has 116 valence electrons. The van der Waals surface area contributed by atoms with Gasteiger partial charge in [0.1, 0.15) is 6.04 Å². The van der Waals surface area contributed by atoms with E-state index in [-0.39, 0.29) is 12.1 Å². The van der Waals surface area contributed by atoms with Gasteiger partial charge in [0.15, 0.2) is 0 Å². The molecule has 1 atom stereocenters. The molecule has 20 heavy (non-hydrogen) atoms. The van der Waals surface area contributed by atoms with E-state index in [1.54, 1.807) is 4.90 Å². The summed E-state index contributed by atoms with van der Waals surface area (Å²) >= 11 is 0. The summed E-state index contributed by atoms with van der Waals surface area (Å²) in [5, 5.41) is 12.0. The Hall–Kier alpha value is -1.26. The maximum absolute atomic E-state index is 12.4. The number of rotatable bonds is 4. The molecule has 0 aromatic heterocycles. The van der Waals surface area contributed by atoms with Crippen LogP contribution < -0.4 is 5.32 Å². The van der Waals surface area contributed by atoms with Gasteiger partial charge in [-0.15, -0.1) is 0 Å². The van der Waals surface area contributed by atoms with Crippen LogP contribution in [-0.2, 0) is 4.79 Å². The Balaban J connectivity index is 2.72. The number of carbonyl (C=O) groups is 2. The topological polar surface area (TPSA) is 69.6 Å². The van der Waals surface area contributed by atoms with E-state index in [1.807, 2.05) is 27.7 Å². The van der Waals surface area contributed by atoms with Gasteiger partial charge in [-0.3, -0.25) is 0 Å². The fourth-order valence-corrected chi connectivity index (χ4v) is 2.82. The number of carbonyl (C=O) groups excluding carboxylic acids is 1. The lowest BCUT2D eigenvalue weighted by atomic mass is 9.87. The van der Waals surface area contributed by atoms with Crippen LogP contribution in [0.25, 0.3) is 0 Å². The molecule has 0 aromatic rings. The van der Waals surface area contributed by atoms with Crippen LogP contribution in [0.1, 0.15) is 59.8 Å². The summed E-state index contributed by atoms with van der Waals surface area (Å²) in [5.74, 6) is -0.981. The number of carboxylic acids is 1. The van der Waals surface area contributed by atoms with Gasteiger partial charge in [0, 0.05) is 12.6 Å². The zero-order valence-electron chi connectivity index (χ0n) is 13.1. The van der Waals surface area contributed by atoms with Crippen LogP contribution in [0.2, 0.25) is 0 Å². The third-order valence-corrected chi connectivity index (χ3v) is 4.00. The standard InChI is InChI=1S/C15H28N2O3/c1-5-17(11-9-7-6-8-10-11)14(20)16-12(13(18)19)15(2,3)4/h11-12H,5-10H2,1-4H3,(H,16,20)(H,18,19)/t12-/m1/s1. The van der Waals surface area contributed by atoms with Crippen molar-refractivity contribution in [3.8, 4) is 0 Å². The maximum Gasteiger partial charge on any atom is 0.326 e. The largest absolute Gasteiger partial charge is 0.480 e. The minimum Gasteiger partial charge on any atom is -0.480 e. The minimum atomic E-state index is -0.981. The summed E-state index contributed by atoms with van der Waals surface area (Å²) in [4.78, 5) is 25.5. The molecular weight excluding hydrogens is 256 g/mol. The monoisotopic (exact) mass is 284 g/mol. The maximum atomic E-state index is 12.4. The number of nitrogens with zero attached hydrogens (tertiary/aromatic N) is 1. The van der Waals surface area contributed by atoms with Crippen molar-refractivity contribution < 1.29 is 14.7 Å². The summed E-state index contributed by atoms with van der Waals surface area (Å²) in [7, 11) is 0. The van der Waals surface area contributed by atoms with Crippen molar-refractivity contribution in [2.75, 3.05) is 6.54 Å².